The number of halogens is 2. The lowest BCUT2D eigenvalue weighted by molar-refractivity contribution is -0.151. The summed E-state index contributed by atoms with van der Waals surface area (Å²) in [4.78, 5) is 22.9. The Morgan fingerprint density at radius 1 is 1.30 bits per heavy atom. The molecule has 0 bridgehead atoms. The van der Waals surface area contributed by atoms with Crippen molar-refractivity contribution >= 4 is 41.2 Å². The van der Waals surface area contributed by atoms with Gasteiger partial charge in [-0.25, -0.2) is 4.79 Å². The highest BCUT2D eigenvalue weighted by atomic mass is 35.5. The number of benzene rings is 1. The molecule has 0 saturated heterocycles. The molecule has 1 aliphatic rings. The predicted octanol–water partition coefficient (Wildman–Crippen LogP) is 3.13. The van der Waals surface area contributed by atoms with Gasteiger partial charge in [0.15, 0.2) is 0 Å². The Morgan fingerprint density at radius 2 is 2.00 bits per heavy atom. The van der Waals surface area contributed by atoms with Crippen LogP contribution >= 0.6 is 23.2 Å². The molecule has 0 spiro atoms. The second kappa shape index (κ2) is 5.85. The maximum atomic E-state index is 11.8. The summed E-state index contributed by atoms with van der Waals surface area (Å²) in [6.45, 7) is 0. The Bertz CT molecular complexity index is 580. The van der Waals surface area contributed by atoms with Crippen molar-refractivity contribution in [3.8, 4) is 0 Å². The van der Waals surface area contributed by atoms with Crippen LogP contribution in [0, 0.1) is 0 Å². The van der Waals surface area contributed by atoms with Crippen LogP contribution in [-0.4, -0.2) is 22.5 Å². The first-order chi connectivity index (χ1) is 9.44. The highest BCUT2D eigenvalue weighted by Gasteiger charge is 2.45. The number of carbonyl (C=O) groups is 2. The van der Waals surface area contributed by atoms with Crippen LogP contribution in [0.25, 0.3) is 6.08 Å². The summed E-state index contributed by atoms with van der Waals surface area (Å²) in [7, 11) is 0. The van der Waals surface area contributed by atoms with Crippen LogP contribution in [0.5, 0.6) is 0 Å². The zero-order chi connectivity index (χ0) is 14.8. The minimum Gasteiger partial charge on any atom is -0.480 e. The van der Waals surface area contributed by atoms with E-state index in [1.165, 1.54) is 12.2 Å². The van der Waals surface area contributed by atoms with E-state index >= 15 is 0 Å². The topological polar surface area (TPSA) is 66.4 Å². The van der Waals surface area contributed by atoms with E-state index in [2.05, 4.69) is 5.32 Å². The van der Waals surface area contributed by atoms with Crippen LogP contribution in [0.15, 0.2) is 24.3 Å². The fourth-order valence-corrected chi connectivity index (χ4v) is 2.39. The van der Waals surface area contributed by atoms with Crippen molar-refractivity contribution in [3.63, 3.8) is 0 Å². The summed E-state index contributed by atoms with van der Waals surface area (Å²) < 4.78 is 0. The number of carbonyl (C=O) groups excluding carboxylic acids is 1. The molecule has 20 heavy (non-hydrogen) atoms. The van der Waals surface area contributed by atoms with Crippen molar-refractivity contribution in [1.29, 1.82) is 0 Å². The molecule has 2 rings (SSSR count). The molecule has 0 aromatic heterocycles. The number of carboxylic acid groups (broad SMARTS) is 1. The van der Waals surface area contributed by atoms with Crippen LogP contribution in [0.3, 0.4) is 0 Å². The molecule has 1 fully saturated rings. The molecule has 6 heteroatoms. The number of aliphatic carboxylic acids is 1. The monoisotopic (exact) mass is 313 g/mol. The van der Waals surface area contributed by atoms with Gasteiger partial charge in [0.1, 0.15) is 5.54 Å². The third-order valence-corrected chi connectivity index (χ3v) is 4.21. The molecule has 1 amide bonds. The first kappa shape index (κ1) is 14.9. The van der Waals surface area contributed by atoms with E-state index in [1.807, 2.05) is 0 Å². The molecular weight excluding hydrogens is 301 g/mol. The molecule has 106 valence electrons. The summed E-state index contributed by atoms with van der Waals surface area (Å²) in [6.07, 6.45) is 4.49. The minimum atomic E-state index is -1.11. The lowest BCUT2D eigenvalue weighted by Gasteiger charge is -2.37. The van der Waals surface area contributed by atoms with Gasteiger partial charge < -0.3 is 10.4 Å². The lowest BCUT2D eigenvalue weighted by Crippen LogP contribution is -2.58. The van der Waals surface area contributed by atoms with Gasteiger partial charge in [0.25, 0.3) is 0 Å². The normalized spacial score (nSPS) is 16.7. The first-order valence-corrected chi connectivity index (χ1v) is 6.88. The summed E-state index contributed by atoms with van der Waals surface area (Å²) in [5.74, 6) is -1.45. The molecule has 4 nitrogen and oxygen atoms in total. The van der Waals surface area contributed by atoms with Gasteiger partial charge in [-0.2, -0.15) is 0 Å². The smallest absolute Gasteiger partial charge is 0.329 e. The van der Waals surface area contributed by atoms with Gasteiger partial charge in [0.2, 0.25) is 5.91 Å². The molecule has 0 aliphatic heterocycles. The van der Waals surface area contributed by atoms with Crippen molar-refractivity contribution < 1.29 is 14.7 Å². The maximum Gasteiger partial charge on any atom is 0.329 e. The second-order valence-corrected chi connectivity index (χ2v) is 5.49. The van der Waals surface area contributed by atoms with E-state index in [4.69, 9.17) is 28.3 Å². The zero-order valence-corrected chi connectivity index (χ0v) is 12.0. The van der Waals surface area contributed by atoms with E-state index in [1.54, 1.807) is 18.2 Å². The van der Waals surface area contributed by atoms with Crippen molar-refractivity contribution in [1.82, 2.24) is 5.32 Å². The minimum absolute atomic E-state index is 0.356. The Morgan fingerprint density at radius 3 is 2.55 bits per heavy atom. The molecule has 1 aromatic carbocycles. The summed E-state index contributed by atoms with van der Waals surface area (Å²) >= 11 is 11.9. The van der Waals surface area contributed by atoms with Crippen LogP contribution in [0.4, 0.5) is 0 Å². The molecule has 0 heterocycles. The number of nitrogens with one attached hydrogen (secondary N) is 1. The molecule has 1 saturated carbocycles. The van der Waals surface area contributed by atoms with E-state index in [0.29, 0.717) is 28.5 Å². The quantitative estimate of drug-likeness (QED) is 0.839. The average Bonchev–Trinajstić information content (AvgIpc) is 2.35. The average molecular weight is 314 g/mol. The molecule has 0 atom stereocenters. The zero-order valence-electron chi connectivity index (χ0n) is 10.5. The number of hydrogen-bond donors (Lipinski definition) is 2. The number of rotatable bonds is 4. The van der Waals surface area contributed by atoms with Crippen LogP contribution in [0.1, 0.15) is 24.8 Å². The van der Waals surface area contributed by atoms with E-state index in [9.17, 15) is 9.59 Å². The Hall–Kier alpha value is -1.52. The van der Waals surface area contributed by atoms with Gasteiger partial charge in [-0.1, -0.05) is 35.3 Å². The fourth-order valence-electron chi connectivity index (χ4n) is 2.01. The molecule has 0 unspecified atom stereocenters. The predicted molar refractivity (Wildman–Crippen MR) is 77.9 cm³/mol. The van der Waals surface area contributed by atoms with Crippen molar-refractivity contribution in [2.45, 2.75) is 24.8 Å². The van der Waals surface area contributed by atoms with E-state index in [-0.39, 0.29) is 0 Å². The van der Waals surface area contributed by atoms with E-state index < -0.39 is 17.4 Å². The van der Waals surface area contributed by atoms with Crippen molar-refractivity contribution in [2.24, 2.45) is 0 Å². The Balaban J connectivity index is 2.06. The van der Waals surface area contributed by atoms with E-state index in [0.717, 1.165) is 6.42 Å². The van der Waals surface area contributed by atoms with Crippen LogP contribution in [0.2, 0.25) is 10.0 Å². The highest BCUT2D eigenvalue weighted by Crippen LogP contribution is 2.32. The number of amides is 1. The second-order valence-electron chi connectivity index (χ2n) is 4.71. The molecule has 1 aliphatic carbocycles. The highest BCUT2D eigenvalue weighted by molar-refractivity contribution is 6.42. The van der Waals surface area contributed by atoms with Gasteiger partial charge in [-0.05, 0) is 37.0 Å². The van der Waals surface area contributed by atoms with Gasteiger partial charge in [0, 0.05) is 6.08 Å². The van der Waals surface area contributed by atoms with Crippen molar-refractivity contribution in [3.05, 3.63) is 39.9 Å². The number of carboxylic acids is 1. The summed E-state index contributed by atoms with van der Waals surface area (Å²) in [5, 5.41) is 12.4. The maximum absolute atomic E-state index is 11.8. The molecule has 1 aromatic rings. The summed E-state index contributed by atoms with van der Waals surface area (Å²) in [6, 6.07) is 5.08. The van der Waals surface area contributed by atoms with Gasteiger partial charge >= 0.3 is 5.97 Å². The molecule has 2 N–H and O–H groups in total. The Labute approximate surface area is 126 Å². The Kier molecular flexibility index (Phi) is 4.35. The van der Waals surface area contributed by atoms with Gasteiger partial charge in [-0.15, -0.1) is 0 Å². The largest absolute Gasteiger partial charge is 0.480 e. The lowest BCUT2D eigenvalue weighted by atomic mass is 9.77. The first-order valence-electron chi connectivity index (χ1n) is 6.12. The van der Waals surface area contributed by atoms with Gasteiger partial charge in [-0.3, -0.25) is 4.79 Å². The summed E-state index contributed by atoms with van der Waals surface area (Å²) in [5.41, 5.74) is -0.508. The van der Waals surface area contributed by atoms with Gasteiger partial charge in [0.05, 0.1) is 10.0 Å². The fraction of sp³-hybridized carbons (Fsp3) is 0.286. The van der Waals surface area contributed by atoms with Crippen LogP contribution < -0.4 is 5.32 Å². The standard InChI is InChI=1S/C14H13Cl2NO3/c15-10-4-1-3-9(12(10)16)5-6-11(18)17-14(13(19)20)7-2-8-14/h1,3-6H,2,7-8H2,(H,17,18)(H,19,20)/b6-5+. The molecule has 0 radical (unpaired) electrons. The third kappa shape index (κ3) is 2.97. The number of hydrogen-bond acceptors (Lipinski definition) is 2. The molecular formula is C14H13Cl2NO3. The third-order valence-electron chi connectivity index (χ3n) is 3.37. The van der Waals surface area contributed by atoms with Crippen LogP contribution in [-0.2, 0) is 9.59 Å². The SMILES string of the molecule is O=C(/C=C/c1cccc(Cl)c1Cl)NC1(C(=O)O)CCC1. The van der Waals surface area contributed by atoms with Crippen molar-refractivity contribution in [2.75, 3.05) is 0 Å².